The monoisotopic (exact) mass is 346 g/mol. The van der Waals surface area contributed by atoms with Crippen molar-refractivity contribution in [1.82, 2.24) is 29.9 Å². The number of thiophene rings is 1. The lowest BCUT2D eigenvalue weighted by Crippen LogP contribution is -2.47. The fraction of sp³-hybridized carbons (Fsp3) is 0.357. The van der Waals surface area contributed by atoms with Crippen molar-refractivity contribution >= 4 is 27.5 Å². The van der Waals surface area contributed by atoms with Crippen LogP contribution < -0.4 is 16.6 Å². The Bertz CT molecular complexity index is 1050. The molecule has 0 aliphatic carbocycles. The third-order valence-electron chi connectivity index (χ3n) is 4.16. The summed E-state index contributed by atoms with van der Waals surface area (Å²) in [4.78, 5) is 42.0. The van der Waals surface area contributed by atoms with Gasteiger partial charge in [-0.2, -0.15) is 10.2 Å². The number of H-pyrrole nitrogens is 1. The maximum Gasteiger partial charge on any atom is 0.330 e. The van der Waals surface area contributed by atoms with E-state index in [1.54, 1.807) is 6.92 Å². The Labute approximate surface area is 138 Å². The molecule has 0 bridgehead atoms. The molecule has 24 heavy (non-hydrogen) atoms. The SMILES string of the molecule is Cc1c(-n2nccn2)sc2[nH]c(=O)n([C@@H]3CCCNC3=O)c(=O)c12. The molecule has 1 amide bonds. The van der Waals surface area contributed by atoms with Crippen LogP contribution in [0.5, 0.6) is 0 Å². The van der Waals surface area contributed by atoms with E-state index in [2.05, 4.69) is 20.5 Å². The van der Waals surface area contributed by atoms with Crippen LogP contribution in [0.25, 0.3) is 15.2 Å². The van der Waals surface area contributed by atoms with Crippen LogP contribution in [-0.4, -0.2) is 37.0 Å². The summed E-state index contributed by atoms with van der Waals surface area (Å²) in [7, 11) is 0. The quantitative estimate of drug-likeness (QED) is 0.682. The van der Waals surface area contributed by atoms with Gasteiger partial charge in [-0.15, -0.1) is 4.80 Å². The molecule has 2 N–H and O–H groups in total. The minimum Gasteiger partial charge on any atom is -0.354 e. The summed E-state index contributed by atoms with van der Waals surface area (Å²) >= 11 is 1.23. The van der Waals surface area contributed by atoms with Crippen molar-refractivity contribution in [3.05, 3.63) is 38.8 Å². The van der Waals surface area contributed by atoms with Crippen LogP contribution in [0.1, 0.15) is 24.4 Å². The van der Waals surface area contributed by atoms with E-state index < -0.39 is 17.3 Å². The van der Waals surface area contributed by atoms with E-state index in [-0.39, 0.29) is 5.91 Å². The summed E-state index contributed by atoms with van der Waals surface area (Å²) in [6, 6.07) is -0.773. The predicted octanol–water partition coefficient (Wildman–Crippen LogP) is 0.0915. The molecule has 0 saturated carbocycles. The highest BCUT2D eigenvalue weighted by molar-refractivity contribution is 7.21. The van der Waals surface area contributed by atoms with Crippen molar-refractivity contribution in [3.63, 3.8) is 0 Å². The number of carbonyl (C=O) groups is 1. The molecule has 1 aliphatic rings. The number of fused-ring (bicyclic) bond motifs is 1. The molecule has 4 rings (SSSR count). The van der Waals surface area contributed by atoms with Crippen LogP contribution in [0.2, 0.25) is 0 Å². The third-order valence-corrected chi connectivity index (χ3v) is 5.33. The first-order valence-corrected chi connectivity index (χ1v) is 8.32. The number of aromatic amines is 1. The van der Waals surface area contributed by atoms with Gasteiger partial charge in [-0.1, -0.05) is 11.3 Å². The maximum atomic E-state index is 12.9. The van der Waals surface area contributed by atoms with E-state index in [0.29, 0.717) is 33.7 Å². The van der Waals surface area contributed by atoms with E-state index in [0.717, 1.165) is 11.0 Å². The van der Waals surface area contributed by atoms with Crippen molar-refractivity contribution in [3.8, 4) is 5.00 Å². The first kappa shape index (κ1) is 14.8. The number of nitrogens with one attached hydrogen (secondary N) is 2. The molecule has 0 spiro atoms. The standard InChI is InChI=1S/C14H14N6O3S/c1-7-9-11(24-13(7)20-16-5-6-17-20)18-14(23)19(12(9)22)8-3-2-4-15-10(8)21/h5-6,8H,2-4H2,1H3,(H,15,21)(H,18,23)/t8-/m1/s1. The Morgan fingerprint density at radius 3 is 2.71 bits per heavy atom. The summed E-state index contributed by atoms with van der Waals surface area (Å²) in [5, 5.41) is 11.9. The Morgan fingerprint density at radius 1 is 1.25 bits per heavy atom. The number of hydrogen-bond acceptors (Lipinski definition) is 6. The smallest absolute Gasteiger partial charge is 0.330 e. The third kappa shape index (κ3) is 2.10. The van der Waals surface area contributed by atoms with Gasteiger partial charge in [0.15, 0.2) is 0 Å². The van der Waals surface area contributed by atoms with Gasteiger partial charge in [-0.3, -0.25) is 14.6 Å². The Morgan fingerprint density at radius 2 is 2.00 bits per heavy atom. The largest absolute Gasteiger partial charge is 0.354 e. The van der Waals surface area contributed by atoms with E-state index in [1.807, 2.05) is 0 Å². The van der Waals surface area contributed by atoms with Crippen LogP contribution in [0.3, 0.4) is 0 Å². The number of amides is 1. The van der Waals surface area contributed by atoms with Crippen LogP contribution in [0, 0.1) is 6.92 Å². The number of carbonyl (C=O) groups excluding carboxylic acids is 1. The Hall–Kier alpha value is -2.75. The summed E-state index contributed by atoms with van der Waals surface area (Å²) in [6.45, 7) is 2.35. The fourth-order valence-electron chi connectivity index (χ4n) is 3.01. The molecule has 3 aromatic heterocycles. The lowest BCUT2D eigenvalue weighted by atomic mass is 10.1. The van der Waals surface area contributed by atoms with Gasteiger partial charge in [0, 0.05) is 12.1 Å². The molecule has 1 atom stereocenters. The second kappa shape index (κ2) is 5.41. The lowest BCUT2D eigenvalue weighted by molar-refractivity contribution is -0.126. The molecule has 124 valence electrons. The van der Waals surface area contributed by atoms with E-state index >= 15 is 0 Å². The van der Waals surface area contributed by atoms with Gasteiger partial charge < -0.3 is 5.32 Å². The molecule has 3 aromatic rings. The van der Waals surface area contributed by atoms with Crippen LogP contribution in [0.15, 0.2) is 22.0 Å². The summed E-state index contributed by atoms with van der Waals surface area (Å²) in [6.07, 6.45) is 4.27. The van der Waals surface area contributed by atoms with Gasteiger partial charge in [0.2, 0.25) is 5.91 Å². The summed E-state index contributed by atoms with van der Waals surface area (Å²) in [5.74, 6) is -0.296. The summed E-state index contributed by atoms with van der Waals surface area (Å²) in [5.41, 5.74) is -0.351. The molecule has 1 aliphatic heterocycles. The molecular formula is C14H14N6O3S. The van der Waals surface area contributed by atoms with E-state index in [4.69, 9.17) is 0 Å². The molecule has 4 heterocycles. The topological polar surface area (TPSA) is 115 Å². The lowest BCUT2D eigenvalue weighted by Gasteiger charge is -2.22. The number of hydrogen-bond donors (Lipinski definition) is 2. The molecule has 0 aromatic carbocycles. The fourth-order valence-corrected chi connectivity index (χ4v) is 4.12. The average Bonchev–Trinajstić information content (AvgIpc) is 3.17. The van der Waals surface area contributed by atoms with E-state index in [9.17, 15) is 14.4 Å². The normalized spacial score (nSPS) is 18.0. The highest BCUT2D eigenvalue weighted by Gasteiger charge is 2.28. The second-order valence-electron chi connectivity index (χ2n) is 5.61. The van der Waals surface area contributed by atoms with Gasteiger partial charge in [0.05, 0.1) is 17.8 Å². The van der Waals surface area contributed by atoms with E-state index in [1.165, 1.54) is 28.5 Å². The molecule has 1 saturated heterocycles. The van der Waals surface area contributed by atoms with Gasteiger partial charge in [-0.25, -0.2) is 9.36 Å². The van der Waals surface area contributed by atoms with Crippen LogP contribution in [-0.2, 0) is 4.79 Å². The maximum absolute atomic E-state index is 12.9. The summed E-state index contributed by atoms with van der Waals surface area (Å²) < 4.78 is 1.02. The van der Waals surface area contributed by atoms with Crippen LogP contribution >= 0.6 is 11.3 Å². The average molecular weight is 346 g/mol. The molecule has 10 heteroatoms. The minimum atomic E-state index is -0.773. The van der Waals surface area contributed by atoms with Crippen molar-refractivity contribution in [2.45, 2.75) is 25.8 Å². The van der Waals surface area contributed by atoms with Crippen molar-refractivity contribution < 1.29 is 4.79 Å². The number of nitrogens with zero attached hydrogens (tertiary/aromatic N) is 4. The molecule has 1 fully saturated rings. The number of rotatable bonds is 2. The zero-order valence-corrected chi connectivity index (χ0v) is 13.6. The zero-order chi connectivity index (χ0) is 16.8. The first-order valence-electron chi connectivity index (χ1n) is 7.50. The highest BCUT2D eigenvalue weighted by atomic mass is 32.1. The molecular weight excluding hydrogens is 332 g/mol. The van der Waals surface area contributed by atoms with Gasteiger partial charge in [0.25, 0.3) is 5.56 Å². The predicted molar refractivity (Wildman–Crippen MR) is 87.6 cm³/mol. The van der Waals surface area contributed by atoms with Gasteiger partial charge in [0.1, 0.15) is 15.9 Å². The number of aryl methyl sites for hydroxylation is 1. The molecule has 9 nitrogen and oxygen atoms in total. The van der Waals surface area contributed by atoms with Crippen molar-refractivity contribution in [2.75, 3.05) is 6.54 Å². The Balaban J connectivity index is 1.97. The Kier molecular flexibility index (Phi) is 3.34. The second-order valence-corrected chi connectivity index (χ2v) is 6.61. The van der Waals surface area contributed by atoms with Crippen LogP contribution in [0.4, 0.5) is 0 Å². The van der Waals surface area contributed by atoms with Crippen molar-refractivity contribution in [2.24, 2.45) is 0 Å². The molecule has 0 radical (unpaired) electrons. The first-order chi connectivity index (χ1) is 11.6. The number of aromatic nitrogens is 5. The van der Waals surface area contributed by atoms with Gasteiger partial charge in [-0.05, 0) is 19.8 Å². The number of piperidine rings is 1. The van der Waals surface area contributed by atoms with Gasteiger partial charge >= 0.3 is 5.69 Å². The minimum absolute atomic E-state index is 0.296. The molecule has 0 unspecified atom stereocenters. The highest BCUT2D eigenvalue weighted by Crippen LogP contribution is 2.29. The van der Waals surface area contributed by atoms with Crippen molar-refractivity contribution in [1.29, 1.82) is 0 Å². The zero-order valence-electron chi connectivity index (χ0n) is 12.8.